The van der Waals surface area contributed by atoms with Crippen LogP contribution in [0.2, 0.25) is 0 Å². The molecule has 0 N–H and O–H groups in total. The Kier molecular flexibility index (Phi) is 1.27. The van der Waals surface area contributed by atoms with Crippen LogP contribution in [0.15, 0.2) is 26.8 Å². The van der Waals surface area contributed by atoms with Gasteiger partial charge in [0.2, 0.25) is 0 Å². The summed E-state index contributed by atoms with van der Waals surface area (Å²) in [6.45, 7) is 0. The lowest BCUT2D eigenvalue weighted by Gasteiger charge is -2.03. The lowest BCUT2D eigenvalue weighted by atomic mass is 10.3. The van der Waals surface area contributed by atoms with Gasteiger partial charge in [0, 0.05) is 6.21 Å². The van der Waals surface area contributed by atoms with Crippen molar-refractivity contribution in [3.8, 4) is 0 Å². The molecule has 3 nitrogen and oxygen atoms in total. The minimum atomic E-state index is 0.205. The Labute approximate surface area is 66.4 Å². The van der Waals surface area contributed by atoms with Crippen LogP contribution in [0.1, 0.15) is 0 Å². The molecule has 0 bridgehead atoms. The third-order valence-corrected chi connectivity index (χ3v) is 1.76. The first-order chi connectivity index (χ1) is 4.86. The first-order valence-corrected chi connectivity index (χ1v) is 3.78. The average Bonchev–Trinajstić information content (AvgIpc) is 2.33. The second-order valence-electron chi connectivity index (χ2n) is 1.97. The molecular formula is C6H4BrN3. The van der Waals surface area contributed by atoms with E-state index in [1.54, 1.807) is 6.21 Å². The predicted molar refractivity (Wildman–Crippen MR) is 45.2 cm³/mol. The van der Waals surface area contributed by atoms with Crippen LogP contribution < -0.4 is 0 Å². The van der Waals surface area contributed by atoms with Crippen molar-refractivity contribution in [3.63, 3.8) is 0 Å². The fourth-order valence-corrected chi connectivity index (χ4v) is 1.19. The van der Waals surface area contributed by atoms with Gasteiger partial charge in [-0.15, -0.1) is 0 Å². The zero-order chi connectivity index (χ0) is 6.97. The molecule has 4 heteroatoms. The summed E-state index contributed by atoms with van der Waals surface area (Å²) in [7, 11) is 0. The van der Waals surface area contributed by atoms with Gasteiger partial charge >= 0.3 is 0 Å². The fraction of sp³-hybridized carbons (Fsp3) is 0.167. The van der Waals surface area contributed by atoms with Crippen molar-refractivity contribution in [1.29, 1.82) is 0 Å². The van der Waals surface area contributed by atoms with Crippen LogP contribution in [0, 0.1) is 0 Å². The largest absolute Gasteiger partial charge is 0.238 e. The van der Waals surface area contributed by atoms with Gasteiger partial charge in [0.15, 0.2) is 5.84 Å². The number of rotatable bonds is 0. The van der Waals surface area contributed by atoms with Gasteiger partial charge in [-0.1, -0.05) is 15.9 Å². The summed E-state index contributed by atoms with van der Waals surface area (Å²) in [5.41, 5.74) is 0.865. The summed E-state index contributed by atoms with van der Waals surface area (Å²) in [5, 5.41) is 0. The van der Waals surface area contributed by atoms with Crippen LogP contribution in [0.3, 0.4) is 0 Å². The summed E-state index contributed by atoms with van der Waals surface area (Å²) in [5.74, 6) is 0.718. The van der Waals surface area contributed by atoms with E-state index in [1.165, 1.54) is 6.34 Å². The van der Waals surface area contributed by atoms with Crippen LogP contribution in [0.5, 0.6) is 0 Å². The van der Waals surface area contributed by atoms with Crippen LogP contribution in [0.25, 0.3) is 0 Å². The van der Waals surface area contributed by atoms with Crippen LogP contribution in [0.4, 0.5) is 0 Å². The summed E-state index contributed by atoms with van der Waals surface area (Å²) >= 11 is 3.37. The standard InChI is InChI=1S/C6H4BrN3/c7-4-1-5-6(8-2-4)10-3-9-5/h1-4H/t4-/m0/s1. The highest BCUT2D eigenvalue weighted by molar-refractivity contribution is 9.10. The maximum Gasteiger partial charge on any atom is 0.179 e. The number of hydrogen-bond donors (Lipinski definition) is 0. The molecule has 2 aliphatic heterocycles. The molecule has 0 fully saturated rings. The van der Waals surface area contributed by atoms with Gasteiger partial charge < -0.3 is 0 Å². The number of allylic oxidation sites excluding steroid dienone is 1. The van der Waals surface area contributed by atoms with Gasteiger partial charge in [-0.2, -0.15) is 0 Å². The van der Waals surface area contributed by atoms with Crippen LogP contribution in [-0.2, 0) is 0 Å². The Balaban J connectivity index is 2.41. The fourth-order valence-electron chi connectivity index (χ4n) is 0.822. The van der Waals surface area contributed by atoms with Crippen molar-refractivity contribution in [1.82, 2.24) is 0 Å². The summed E-state index contributed by atoms with van der Waals surface area (Å²) < 4.78 is 0. The minimum Gasteiger partial charge on any atom is -0.238 e. The monoisotopic (exact) mass is 197 g/mol. The van der Waals surface area contributed by atoms with Gasteiger partial charge in [0.05, 0.1) is 4.83 Å². The SMILES string of the molecule is Br[C@@H]1C=NC2=NC=NC2=C1. The minimum absolute atomic E-state index is 0.205. The van der Waals surface area contributed by atoms with Crippen molar-refractivity contribution in [2.24, 2.45) is 15.0 Å². The molecule has 2 rings (SSSR count). The first kappa shape index (κ1) is 5.97. The van der Waals surface area contributed by atoms with E-state index in [9.17, 15) is 0 Å². The Bertz CT molecular complexity index is 275. The number of nitrogens with zero attached hydrogens (tertiary/aromatic N) is 3. The molecule has 0 aliphatic carbocycles. The molecule has 10 heavy (non-hydrogen) atoms. The van der Waals surface area contributed by atoms with Crippen molar-refractivity contribution in [2.45, 2.75) is 4.83 Å². The quantitative estimate of drug-likeness (QED) is 0.523. The molecule has 0 saturated carbocycles. The Morgan fingerprint density at radius 2 is 2.30 bits per heavy atom. The maximum atomic E-state index is 4.06. The molecule has 2 aliphatic rings. The summed E-state index contributed by atoms with van der Waals surface area (Å²) in [6.07, 6.45) is 5.27. The van der Waals surface area contributed by atoms with E-state index in [1.807, 2.05) is 6.08 Å². The highest BCUT2D eigenvalue weighted by atomic mass is 79.9. The van der Waals surface area contributed by atoms with Crippen molar-refractivity contribution >= 4 is 34.3 Å². The first-order valence-electron chi connectivity index (χ1n) is 2.87. The molecule has 0 spiro atoms. The lowest BCUT2D eigenvalue weighted by Crippen LogP contribution is -2.07. The van der Waals surface area contributed by atoms with Gasteiger partial charge in [-0.3, -0.25) is 0 Å². The number of dihydropyridines is 1. The smallest absolute Gasteiger partial charge is 0.179 e. The van der Waals surface area contributed by atoms with E-state index < -0.39 is 0 Å². The normalized spacial score (nSPS) is 27.9. The lowest BCUT2D eigenvalue weighted by molar-refractivity contribution is 1.37. The number of fused-ring (bicyclic) bond motifs is 1. The number of halogens is 1. The van der Waals surface area contributed by atoms with E-state index in [0.717, 1.165) is 11.5 Å². The van der Waals surface area contributed by atoms with E-state index in [0.29, 0.717) is 0 Å². The molecule has 0 radical (unpaired) electrons. The molecule has 0 aromatic rings. The third-order valence-electron chi connectivity index (χ3n) is 1.26. The van der Waals surface area contributed by atoms with Gasteiger partial charge in [0.25, 0.3) is 0 Å². The maximum absolute atomic E-state index is 4.06. The van der Waals surface area contributed by atoms with Crippen LogP contribution in [-0.4, -0.2) is 23.2 Å². The molecule has 0 saturated heterocycles. The Morgan fingerprint density at radius 1 is 1.40 bits per heavy atom. The molecule has 0 aromatic carbocycles. The second kappa shape index (κ2) is 2.12. The second-order valence-corrected chi connectivity index (χ2v) is 3.03. The van der Waals surface area contributed by atoms with E-state index in [4.69, 9.17) is 0 Å². The Hall–Kier alpha value is -0.770. The van der Waals surface area contributed by atoms with Crippen molar-refractivity contribution in [3.05, 3.63) is 11.8 Å². The van der Waals surface area contributed by atoms with E-state index in [-0.39, 0.29) is 4.83 Å². The summed E-state index contributed by atoms with van der Waals surface area (Å²) in [6, 6.07) is 0. The molecule has 0 amide bonds. The summed E-state index contributed by atoms with van der Waals surface area (Å²) in [4.78, 5) is 12.2. The molecule has 50 valence electrons. The number of hydrogen-bond acceptors (Lipinski definition) is 3. The zero-order valence-corrected chi connectivity index (χ0v) is 6.62. The van der Waals surface area contributed by atoms with E-state index >= 15 is 0 Å². The number of alkyl halides is 1. The predicted octanol–water partition coefficient (Wildman–Crippen LogP) is 1.16. The van der Waals surface area contributed by atoms with Crippen LogP contribution >= 0.6 is 15.9 Å². The average molecular weight is 198 g/mol. The molecule has 0 unspecified atom stereocenters. The highest BCUT2D eigenvalue weighted by Gasteiger charge is 2.14. The Morgan fingerprint density at radius 3 is 3.20 bits per heavy atom. The number of aliphatic imine (C=N–C) groups is 3. The van der Waals surface area contributed by atoms with Gasteiger partial charge in [-0.25, -0.2) is 15.0 Å². The highest BCUT2D eigenvalue weighted by Crippen LogP contribution is 2.15. The van der Waals surface area contributed by atoms with E-state index in [2.05, 4.69) is 30.9 Å². The van der Waals surface area contributed by atoms with Crippen molar-refractivity contribution < 1.29 is 0 Å². The third kappa shape index (κ3) is 0.844. The molecule has 1 atom stereocenters. The zero-order valence-electron chi connectivity index (χ0n) is 5.03. The van der Waals surface area contributed by atoms with Crippen molar-refractivity contribution in [2.75, 3.05) is 0 Å². The molecular weight excluding hydrogens is 194 g/mol. The number of amidine groups is 1. The molecule has 0 aromatic heterocycles. The topological polar surface area (TPSA) is 37.1 Å². The van der Waals surface area contributed by atoms with Gasteiger partial charge in [0.1, 0.15) is 12.0 Å². The molecule has 2 heterocycles. The van der Waals surface area contributed by atoms with Gasteiger partial charge in [-0.05, 0) is 6.08 Å².